The molecule has 2 N–H and O–H groups in total. The number of rotatable bonds is 15. The van der Waals surface area contributed by atoms with E-state index in [1.165, 1.54) is 57.8 Å². The molecule has 6 heteroatoms. The predicted octanol–water partition coefficient (Wildman–Crippen LogP) is 4.30. The van der Waals surface area contributed by atoms with Crippen LogP contribution in [0.4, 0.5) is 0 Å². The Balaban J connectivity index is 0. The average Bonchev–Trinajstić information content (AvgIpc) is 2.56. The normalized spacial score (nSPS) is 11.4. The number of carbonyl (C=O) groups excluding carboxylic acids is 1. The zero-order valence-corrected chi connectivity index (χ0v) is 16.1. The summed E-state index contributed by atoms with van der Waals surface area (Å²) in [5.74, 6) is -0.338. The molecule has 0 saturated heterocycles. The van der Waals surface area contributed by atoms with E-state index in [0.717, 1.165) is 13.0 Å². The number of carbonyl (C=O) groups is 2. The van der Waals surface area contributed by atoms with Gasteiger partial charge in [0.1, 0.15) is 12.3 Å². The molecule has 23 heavy (non-hydrogen) atoms. The Kier molecular flexibility index (Phi) is 23.6. The van der Waals surface area contributed by atoms with Gasteiger partial charge in [-0.25, -0.2) is 0 Å². The van der Waals surface area contributed by atoms with Crippen molar-refractivity contribution in [2.45, 2.75) is 77.2 Å². The molecular weight excluding hydrogens is 334 g/mol. The number of carboxylic acids is 1. The van der Waals surface area contributed by atoms with Gasteiger partial charge in [0.15, 0.2) is 0 Å². The molecule has 0 amide bonds. The fourth-order valence-electron chi connectivity index (χ4n) is 2.12. The molecule has 0 aromatic carbocycles. The highest BCUT2D eigenvalue weighted by molar-refractivity contribution is 7.80. The first-order chi connectivity index (χ1) is 11.1. The molecule has 0 rings (SSSR count). The molecule has 1 atom stereocenters. The molecule has 138 valence electrons. The topological polar surface area (TPSA) is 66.4 Å². The lowest BCUT2D eigenvalue weighted by Gasteiger charge is -2.11. The van der Waals surface area contributed by atoms with Crippen LogP contribution in [0.1, 0.15) is 71.1 Å². The first-order valence-electron chi connectivity index (χ1n) is 8.70. The van der Waals surface area contributed by atoms with Crippen LogP contribution < -0.4 is 5.32 Å². The van der Waals surface area contributed by atoms with Crippen LogP contribution >= 0.6 is 24.2 Å². The van der Waals surface area contributed by atoms with Gasteiger partial charge in [0.2, 0.25) is 0 Å². The summed E-state index contributed by atoms with van der Waals surface area (Å²) < 4.78 is 0. The standard InChI is InChI=1S/C15H31NO2S.C2H3ClO/c1-2-3-4-5-6-7-8-9-10-11-12-16-14(13-19)15(17)18;3-1-2-4/h14,16,19H,2-13H2,1H3,(H,17,18);2H,1H2. The fourth-order valence-corrected chi connectivity index (χ4v) is 2.40. The lowest BCUT2D eigenvalue weighted by atomic mass is 10.1. The van der Waals surface area contributed by atoms with Crippen molar-refractivity contribution in [2.75, 3.05) is 18.2 Å². The number of nitrogens with one attached hydrogen (secondary N) is 1. The molecule has 0 heterocycles. The number of alkyl halides is 1. The minimum absolute atomic E-state index is 0.111. The zero-order chi connectivity index (χ0) is 17.8. The van der Waals surface area contributed by atoms with Gasteiger partial charge in [0.05, 0.1) is 5.88 Å². The van der Waals surface area contributed by atoms with E-state index in [2.05, 4.69) is 24.9 Å². The van der Waals surface area contributed by atoms with E-state index in [0.29, 0.717) is 12.0 Å². The van der Waals surface area contributed by atoms with Gasteiger partial charge < -0.3 is 15.2 Å². The number of unbranched alkanes of at least 4 members (excludes halogenated alkanes) is 9. The molecule has 0 aromatic heterocycles. The zero-order valence-electron chi connectivity index (χ0n) is 14.4. The predicted molar refractivity (Wildman–Crippen MR) is 102 cm³/mol. The van der Waals surface area contributed by atoms with Gasteiger partial charge in [-0.3, -0.25) is 4.79 Å². The third-order valence-electron chi connectivity index (χ3n) is 3.46. The lowest BCUT2D eigenvalue weighted by molar-refractivity contribution is -0.138. The Morgan fingerprint density at radius 3 is 1.87 bits per heavy atom. The van der Waals surface area contributed by atoms with Gasteiger partial charge >= 0.3 is 5.97 Å². The number of aliphatic carboxylic acids is 1. The van der Waals surface area contributed by atoms with Crippen LogP contribution in [0, 0.1) is 0 Å². The first kappa shape index (κ1) is 25.0. The maximum absolute atomic E-state index is 10.7. The number of halogens is 1. The summed E-state index contributed by atoms with van der Waals surface area (Å²) in [5.41, 5.74) is 0. The van der Waals surface area contributed by atoms with E-state index >= 15 is 0 Å². The summed E-state index contributed by atoms with van der Waals surface area (Å²) in [4.78, 5) is 19.8. The molecule has 0 aliphatic carbocycles. The Hall–Kier alpha value is -0.260. The van der Waals surface area contributed by atoms with Crippen LogP contribution in [0.3, 0.4) is 0 Å². The van der Waals surface area contributed by atoms with Gasteiger partial charge in [0.25, 0.3) is 0 Å². The fraction of sp³-hybridized carbons (Fsp3) is 0.882. The highest BCUT2D eigenvalue weighted by Crippen LogP contribution is 2.10. The van der Waals surface area contributed by atoms with Crippen LogP contribution in [0.15, 0.2) is 0 Å². The molecule has 0 bridgehead atoms. The molecule has 0 aliphatic heterocycles. The number of aldehydes is 1. The van der Waals surface area contributed by atoms with Crippen molar-refractivity contribution in [1.29, 1.82) is 0 Å². The second kappa shape index (κ2) is 21.7. The summed E-state index contributed by atoms with van der Waals surface area (Å²) >= 11 is 8.84. The smallest absolute Gasteiger partial charge is 0.321 e. The van der Waals surface area contributed by atoms with Crippen molar-refractivity contribution < 1.29 is 14.7 Å². The molecule has 1 unspecified atom stereocenters. The molecule has 0 saturated carbocycles. The van der Waals surface area contributed by atoms with Crippen LogP contribution in [0.2, 0.25) is 0 Å². The van der Waals surface area contributed by atoms with Crippen LogP contribution in [-0.4, -0.2) is 41.6 Å². The lowest BCUT2D eigenvalue weighted by Crippen LogP contribution is -2.38. The molecule has 4 nitrogen and oxygen atoms in total. The van der Waals surface area contributed by atoms with Gasteiger partial charge in [-0.1, -0.05) is 64.7 Å². The number of hydrogen-bond acceptors (Lipinski definition) is 4. The summed E-state index contributed by atoms with van der Waals surface area (Å²) in [7, 11) is 0. The molecular formula is C17H34ClNO3S. The van der Waals surface area contributed by atoms with Gasteiger partial charge in [-0.15, -0.1) is 11.6 Å². The van der Waals surface area contributed by atoms with E-state index in [4.69, 9.17) is 21.5 Å². The Bertz CT molecular complexity index is 268. The van der Waals surface area contributed by atoms with E-state index in [-0.39, 0.29) is 5.88 Å². The monoisotopic (exact) mass is 367 g/mol. The van der Waals surface area contributed by atoms with Crippen molar-refractivity contribution in [3.8, 4) is 0 Å². The van der Waals surface area contributed by atoms with Gasteiger partial charge in [-0.05, 0) is 13.0 Å². The average molecular weight is 368 g/mol. The van der Waals surface area contributed by atoms with Crippen molar-refractivity contribution in [3.05, 3.63) is 0 Å². The second-order valence-electron chi connectivity index (χ2n) is 5.53. The van der Waals surface area contributed by atoms with E-state index in [1.807, 2.05) is 0 Å². The Morgan fingerprint density at radius 1 is 1.09 bits per heavy atom. The quantitative estimate of drug-likeness (QED) is 0.175. The highest BCUT2D eigenvalue weighted by atomic mass is 35.5. The van der Waals surface area contributed by atoms with Crippen LogP contribution in [-0.2, 0) is 9.59 Å². The maximum atomic E-state index is 10.7. The Morgan fingerprint density at radius 2 is 1.52 bits per heavy atom. The maximum Gasteiger partial charge on any atom is 0.321 e. The Labute approximate surface area is 152 Å². The highest BCUT2D eigenvalue weighted by Gasteiger charge is 2.13. The van der Waals surface area contributed by atoms with Gasteiger partial charge in [0, 0.05) is 5.75 Å². The number of thiol groups is 1. The third-order valence-corrected chi connectivity index (χ3v) is 3.96. The van der Waals surface area contributed by atoms with E-state index in [1.54, 1.807) is 0 Å². The SMILES string of the molecule is CCCCCCCCCCCCNC(CS)C(=O)O.O=CCCl. The second-order valence-corrected chi connectivity index (χ2v) is 6.20. The largest absolute Gasteiger partial charge is 0.480 e. The molecule has 0 aromatic rings. The molecule has 0 radical (unpaired) electrons. The van der Waals surface area contributed by atoms with Crippen molar-refractivity contribution in [3.63, 3.8) is 0 Å². The van der Waals surface area contributed by atoms with Gasteiger partial charge in [-0.2, -0.15) is 12.6 Å². The van der Waals surface area contributed by atoms with Crippen molar-refractivity contribution in [2.24, 2.45) is 0 Å². The summed E-state index contributed by atoms with van der Waals surface area (Å²) in [5, 5.41) is 11.8. The van der Waals surface area contributed by atoms with E-state index < -0.39 is 12.0 Å². The first-order valence-corrected chi connectivity index (χ1v) is 9.87. The number of hydrogen-bond donors (Lipinski definition) is 3. The molecule has 0 fully saturated rings. The van der Waals surface area contributed by atoms with Crippen molar-refractivity contribution >= 4 is 36.5 Å². The number of carboxylic acid groups (broad SMARTS) is 1. The van der Waals surface area contributed by atoms with Crippen LogP contribution in [0.5, 0.6) is 0 Å². The van der Waals surface area contributed by atoms with E-state index in [9.17, 15) is 4.79 Å². The third kappa shape index (κ3) is 21.7. The minimum Gasteiger partial charge on any atom is -0.480 e. The molecule has 0 aliphatic rings. The molecule has 0 spiro atoms. The minimum atomic E-state index is -0.804. The summed E-state index contributed by atoms with van der Waals surface area (Å²) in [6.07, 6.45) is 13.7. The van der Waals surface area contributed by atoms with Crippen LogP contribution in [0.25, 0.3) is 0 Å². The summed E-state index contributed by atoms with van der Waals surface area (Å²) in [6, 6.07) is -0.498. The summed E-state index contributed by atoms with van der Waals surface area (Å²) in [6.45, 7) is 3.03. The van der Waals surface area contributed by atoms with Crippen molar-refractivity contribution in [1.82, 2.24) is 5.32 Å².